The van der Waals surface area contributed by atoms with Crippen LogP contribution in [-0.4, -0.2) is 61.3 Å². The molecule has 0 aliphatic carbocycles. The second-order valence-corrected chi connectivity index (χ2v) is 10.3. The SMILES string of the molecule is CCC(=O)OC(C)CN[C@@H](Cc1ccc(OC(=O)OC(C)(C)C)c(OC(=O)OC(C)(C)C)c1)C(=O)OC. The first-order chi connectivity index (χ1) is 17.0. The summed E-state index contributed by atoms with van der Waals surface area (Å²) < 4.78 is 31.1. The van der Waals surface area contributed by atoms with Gasteiger partial charge in [0.25, 0.3) is 0 Å². The van der Waals surface area contributed by atoms with Gasteiger partial charge in [-0.05, 0) is 72.6 Å². The molecule has 0 aliphatic heterocycles. The van der Waals surface area contributed by atoms with Crippen LogP contribution in [0.5, 0.6) is 11.5 Å². The molecule has 1 aromatic rings. The minimum absolute atomic E-state index is 0.0773. The van der Waals surface area contributed by atoms with E-state index in [4.69, 9.17) is 28.4 Å². The van der Waals surface area contributed by atoms with Gasteiger partial charge in [0.2, 0.25) is 0 Å². The van der Waals surface area contributed by atoms with Crippen molar-refractivity contribution in [3.05, 3.63) is 23.8 Å². The van der Waals surface area contributed by atoms with Gasteiger partial charge in [-0.2, -0.15) is 0 Å². The van der Waals surface area contributed by atoms with Crippen LogP contribution in [0.4, 0.5) is 9.59 Å². The van der Waals surface area contributed by atoms with Crippen LogP contribution in [0.15, 0.2) is 18.2 Å². The molecule has 11 nitrogen and oxygen atoms in total. The van der Waals surface area contributed by atoms with Crippen molar-refractivity contribution >= 4 is 24.2 Å². The van der Waals surface area contributed by atoms with Gasteiger partial charge in [-0.3, -0.25) is 9.59 Å². The van der Waals surface area contributed by atoms with Crippen molar-refractivity contribution in [3.8, 4) is 11.5 Å². The van der Waals surface area contributed by atoms with E-state index in [1.165, 1.54) is 19.2 Å². The summed E-state index contributed by atoms with van der Waals surface area (Å²) in [6.45, 7) is 13.7. The van der Waals surface area contributed by atoms with Crippen molar-refractivity contribution in [2.75, 3.05) is 13.7 Å². The molecule has 0 amide bonds. The molecule has 1 aromatic carbocycles. The predicted molar refractivity (Wildman–Crippen MR) is 134 cm³/mol. The van der Waals surface area contributed by atoms with Crippen LogP contribution in [0.25, 0.3) is 0 Å². The van der Waals surface area contributed by atoms with Crippen molar-refractivity contribution in [1.82, 2.24) is 5.32 Å². The normalized spacial score (nSPS) is 13.1. The van der Waals surface area contributed by atoms with Gasteiger partial charge >= 0.3 is 24.2 Å². The number of methoxy groups -OCH3 is 1. The van der Waals surface area contributed by atoms with Crippen LogP contribution in [0, 0.1) is 0 Å². The van der Waals surface area contributed by atoms with E-state index in [2.05, 4.69) is 5.32 Å². The molecule has 0 heterocycles. The van der Waals surface area contributed by atoms with E-state index < -0.39 is 41.6 Å². The first-order valence-corrected chi connectivity index (χ1v) is 12.0. The monoisotopic (exact) mass is 525 g/mol. The van der Waals surface area contributed by atoms with Crippen LogP contribution in [0.2, 0.25) is 0 Å². The van der Waals surface area contributed by atoms with Crippen LogP contribution in [0.3, 0.4) is 0 Å². The quantitative estimate of drug-likeness (QED) is 0.265. The molecule has 0 bridgehead atoms. The molecule has 0 saturated heterocycles. The molecule has 0 spiro atoms. The van der Waals surface area contributed by atoms with E-state index in [0.29, 0.717) is 5.56 Å². The van der Waals surface area contributed by atoms with Crippen molar-refractivity contribution in [3.63, 3.8) is 0 Å². The Kier molecular flexibility index (Phi) is 11.8. The zero-order valence-corrected chi connectivity index (χ0v) is 23.1. The Balaban J connectivity index is 3.15. The number of ether oxygens (including phenoxy) is 6. The molecular weight excluding hydrogens is 486 g/mol. The largest absolute Gasteiger partial charge is 0.514 e. The van der Waals surface area contributed by atoms with Gasteiger partial charge in [-0.25, -0.2) is 9.59 Å². The lowest BCUT2D eigenvalue weighted by Crippen LogP contribution is -2.43. The van der Waals surface area contributed by atoms with Crippen LogP contribution >= 0.6 is 0 Å². The Labute approximate surface area is 218 Å². The fraction of sp³-hybridized carbons (Fsp3) is 0.615. The van der Waals surface area contributed by atoms with Crippen LogP contribution < -0.4 is 14.8 Å². The molecule has 208 valence electrons. The summed E-state index contributed by atoms with van der Waals surface area (Å²) in [6, 6.07) is 3.65. The minimum Gasteiger partial charge on any atom is -0.468 e. The predicted octanol–water partition coefficient (Wildman–Crippen LogP) is 4.33. The molecule has 0 radical (unpaired) electrons. The second kappa shape index (κ2) is 13.8. The number of carbonyl (C=O) groups is 4. The number of carbonyl (C=O) groups excluding carboxylic acids is 4. The van der Waals surface area contributed by atoms with Crippen molar-refractivity contribution in [1.29, 1.82) is 0 Å². The van der Waals surface area contributed by atoms with Crippen molar-refractivity contribution in [2.45, 2.75) is 91.6 Å². The van der Waals surface area contributed by atoms with Gasteiger partial charge in [0.15, 0.2) is 11.5 Å². The Morgan fingerprint density at radius 3 is 1.92 bits per heavy atom. The van der Waals surface area contributed by atoms with Crippen LogP contribution in [-0.2, 0) is 35.0 Å². The molecule has 0 aromatic heterocycles. The van der Waals surface area contributed by atoms with E-state index in [9.17, 15) is 19.2 Å². The number of nitrogens with one attached hydrogen (secondary N) is 1. The second-order valence-electron chi connectivity index (χ2n) is 10.3. The van der Waals surface area contributed by atoms with Gasteiger partial charge in [-0.15, -0.1) is 0 Å². The molecule has 0 fully saturated rings. The zero-order chi connectivity index (χ0) is 28.4. The van der Waals surface area contributed by atoms with Gasteiger partial charge in [0.1, 0.15) is 23.3 Å². The fourth-order valence-electron chi connectivity index (χ4n) is 2.84. The fourth-order valence-corrected chi connectivity index (χ4v) is 2.84. The van der Waals surface area contributed by atoms with Crippen molar-refractivity contribution < 1.29 is 47.6 Å². The van der Waals surface area contributed by atoms with Gasteiger partial charge in [0, 0.05) is 13.0 Å². The number of esters is 2. The highest BCUT2D eigenvalue weighted by molar-refractivity contribution is 5.76. The van der Waals surface area contributed by atoms with E-state index in [1.54, 1.807) is 61.5 Å². The molecule has 1 rings (SSSR count). The lowest BCUT2D eigenvalue weighted by Gasteiger charge is -2.22. The van der Waals surface area contributed by atoms with Gasteiger partial charge < -0.3 is 33.7 Å². The summed E-state index contributed by atoms with van der Waals surface area (Å²) >= 11 is 0. The lowest BCUT2D eigenvalue weighted by atomic mass is 10.0. The first-order valence-electron chi connectivity index (χ1n) is 12.0. The molecule has 0 aliphatic rings. The minimum atomic E-state index is -1.01. The third-order valence-electron chi connectivity index (χ3n) is 4.37. The van der Waals surface area contributed by atoms with Gasteiger partial charge in [-0.1, -0.05) is 13.0 Å². The topological polar surface area (TPSA) is 136 Å². The summed E-state index contributed by atoms with van der Waals surface area (Å²) in [5.74, 6) is -1.08. The van der Waals surface area contributed by atoms with E-state index >= 15 is 0 Å². The highest BCUT2D eigenvalue weighted by Gasteiger charge is 2.25. The maximum absolute atomic E-state index is 12.4. The summed E-state index contributed by atoms with van der Waals surface area (Å²) in [6.07, 6.45) is -2.11. The lowest BCUT2D eigenvalue weighted by molar-refractivity contribution is -0.147. The smallest absolute Gasteiger partial charge is 0.468 e. The molecule has 37 heavy (non-hydrogen) atoms. The number of hydrogen-bond acceptors (Lipinski definition) is 11. The highest BCUT2D eigenvalue weighted by Crippen LogP contribution is 2.31. The Bertz CT molecular complexity index is 946. The maximum Gasteiger partial charge on any atom is 0.514 e. The number of rotatable bonds is 10. The third-order valence-corrected chi connectivity index (χ3v) is 4.37. The van der Waals surface area contributed by atoms with E-state index in [0.717, 1.165) is 0 Å². The standard InChI is InChI=1S/C26H39NO10/c1-10-21(28)33-16(2)15-27-18(22(29)32-9)13-17-11-12-19(34-23(30)36-25(3,4)5)20(14-17)35-24(31)37-26(6,7)8/h11-12,14,16,18,27H,10,13,15H2,1-9H3/t16?,18-/m0/s1. The molecule has 1 N–H and O–H groups in total. The third kappa shape index (κ3) is 13.0. The summed E-state index contributed by atoms with van der Waals surface area (Å²) in [5, 5.41) is 3.02. The highest BCUT2D eigenvalue weighted by atomic mass is 16.8. The Hall–Kier alpha value is -3.34. The number of hydrogen-bond donors (Lipinski definition) is 1. The van der Waals surface area contributed by atoms with Crippen molar-refractivity contribution in [2.24, 2.45) is 0 Å². The molecule has 1 unspecified atom stereocenters. The summed E-state index contributed by atoms with van der Waals surface area (Å²) in [5.41, 5.74) is -1.07. The van der Waals surface area contributed by atoms with E-state index in [-0.39, 0.29) is 36.9 Å². The zero-order valence-electron chi connectivity index (χ0n) is 23.1. The molecular formula is C26H39NO10. The molecule has 11 heteroatoms. The first kappa shape index (κ1) is 31.7. The molecule has 0 saturated carbocycles. The number of benzene rings is 1. The van der Waals surface area contributed by atoms with Gasteiger partial charge in [0.05, 0.1) is 7.11 Å². The average molecular weight is 526 g/mol. The molecule has 2 atom stereocenters. The maximum atomic E-state index is 12.4. The Morgan fingerprint density at radius 1 is 0.892 bits per heavy atom. The van der Waals surface area contributed by atoms with Crippen LogP contribution in [0.1, 0.15) is 67.4 Å². The van der Waals surface area contributed by atoms with E-state index in [1.807, 2.05) is 0 Å². The average Bonchev–Trinajstić information content (AvgIpc) is 2.74. The Morgan fingerprint density at radius 2 is 1.43 bits per heavy atom. The summed E-state index contributed by atoms with van der Waals surface area (Å²) in [4.78, 5) is 48.4. The summed E-state index contributed by atoms with van der Waals surface area (Å²) in [7, 11) is 1.26.